The van der Waals surface area contributed by atoms with Gasteiger partial charge in [0.05, 0.1) is 53.2 Å². The van der Waals surface area contributed by atoms with Crippen LogP contribution in [0.1, 0.15) is 41.0 Å². The molecule has 1 unspecified atom stereocenters. The average Bonchev–Trinajstić information content (AvgIpc) is 3.52. The highest BCUT2D eigenvalue weighted by Crippen LogP contribution is 2.25. The lowest BCUT2D eigenvalue weighted by Crippen LogP contribution is -2.45. The van der Waals surface area contributed by atoms with E-state index in [0.717, 1.165) is 97.2 Å². The predicted molar refractivity (Wildman–Crippen MR) is 158 cm³/mol. The minimum absolute atomic E-state index is 0.150. The van der Waals surface area contributed by atoms with Crippen molar-refractivity contribution in [1.29, 1.82) is 0 Å². The number of piperazine rings is 1. The van der Waals surface area contributed by atoms with Gasteiger partial charge >= 0.3 is 5.97 Å². The molecule has 1 atom stereocenters. The van der Waals surface area contributed by atoms with E-state index < -0.39 is 5.97 Å². The molecule has 2 aromatic heterocycles. The molecule has 1 N–H and O–H groups in total. The van der Waals surface area contributed by atoms with Crippen LogP contribution in [0.5, 0.6) is 0 Å². The van der Waals surface area contributed by atoms with Crippen LogP contribution in [0.2, 0.25) is 0 Å². The third kappa shape index (κ3) is 5.37. The number of hydrogen-bond donors (Lipinski definition) is 1. The molecule has 0 amide bonds. The second-order valence-corrected chi connectivity index (χ2v) is 11.3. The fraction of sp³-hybridized carbons (Fsp3) is 0.419. The maximum Gasteiger partial charge on any atom is 0.335 e. The Morgan fingerprint density at radius 2 is 1.95 bits per heavy atom. The van der Waals surface area contributed by atoms with E-state index in [4.69, 9.17) is 19.5 Å². The Labute approximate surface area is 243 Å². The van der Waals surface area contributed by atoms with Gasteiger partial charge in [-0.2, -0.15) is 0 Å². The number of fused-ring (bicyclic) bond motifs is 2. The van der Waals surface area contributed by atoms with Gasteiger partial charge in [0.25, 0.3) is 0 Å². The molecular formula is C31H35N7O4. The highest BCUT2D eigenvalue weighted by molar-refractivity contribution is 5.92. The Hall–Kier alpha value is -4.22. The number of aromatic nitrogens is 4. The number of ether oxygens (including phenoxy) is 2. The summed E-state index contributed by atoms with van der Waals surface area (Å²) in [6, 6.07) is 11.4. The molecule has 2 fully saturated rings. The van der Waals surface area contributed by atoms with E-state index in [9.17, 15) is 9.90 Å². The summed E-state index contributed by atoms with van der Waals surface area (Å²) in [7, 11) is 2.00. The van der Waals surface area contributed by atoms with Gasteiger partial charge < -0.3 is 28.6 Å². The van der Waals surface area contributed by atoms with Crippen molar-refractivity contribution in [1.82, 2.24) is 28.9 Å². The van der Waals surface area contributed by atoms with Gasteiger partial charge in [-0.15, -0.1) is 0 Å². The zero-order valence-electron chi connectivity index (χ0n) is 23.8. The van der Waals surface area contributed by atoms with E-state index in [1.54, 1.807) is 12.1 Å². The third-order valence-corrected chi connectivity index (χ3v) is 8.43. The van der Waals surface area contributed by atoms with E-state index in [-0.39, 0.29) is 11.7 Å². The van der Waals surface area contributed by atoms with Crippen molar-refractivity contribution in [3.8, 4) is 0 Å². The minimum Gasteiger partial charge on any atom is -0.478 e. The molecule has 0 saturated carbocycles. The van der Waals surface area contributed by atoms with Gasteiger partial charge in [0, 0.05) is 46.3 Å². The van der Waals surface area contributed by atoms with Crippen LogP contribution in [0, 0.1) is 0 Å². The van der Waals surface area contributed by atoms with Crippen LogP contribution in [0.15, 0.2) is 59.6 Å². The lowest BCUT2D eigenvalue weighted by atomic mass is 10.1. The molecule has 0 spiro atoms. The van der Waals surface area contributed by atoms with E-state index in [1.165, 1.54) is 0 Å². The van der Waals surface area contributed by atoms with Crippen molar-refractivity contribution in [2.75, 3.05) is 32.8 Å². The van der Waals surface area contributed by atoms with Crippen molar-refractivity contribution in [2.45, 2.75) is 45.1 Å². The van der Waals surface area contributed by atoms with Crippen molar-refractivity contribution < 1.29 is 19.4 Å². The highest BCUT2D eigenvalue weighted by atomic mass is 16.5. The van der Waals surface area contributed by atoms with Crippen molar-refractivity contribution in [2.24, 2.45) is 12.0 Å². The Bertz CT molecular complexity index is 1690. The zero-order valence-corrected chi connectivity index (χ0v) is 23.8. The number of aryl methyl sites for hydroxylation is 1. The van der Waals surface area contributed by atoms with Gasteiger partial charge in [0.15, 0.2) is 5.90 Å². The maximum absolute atomic E-state index is 11.6. The average molecular weight is 570 g/mol. The summed E-state index contributed by atoms with van der Waals surface area (Å²) in [6.45, 7) is 6.16. The predicted octanol–water partition coefficient (Wildman–Crippen LogP) is 3.78. The monoisotopic (exact) mass is 569 g/mol. The van der Waals surface area contributed by atoms with Crippen LogP contribution < -0.4 is 0 Å². The smallest absolute Gasteiger partial charge is 0.335 e. The van der Waals surface area contributed by atoms with Crippen LogP contribution in [0.4, 0.5) is 0 Å². The zero-order chi connectivity index (χ0) is 28.6. The first-order chi connectivity index (χ1) is 20.5. The molecule has 3 aliphatic rings. The number of carbonyl (C=O) groups is 1. The molecule has 7 rings (SSSR count). The molecule has 0 bridgehead atoms. The Balaban J connectivity index is 0.985. The van der Waals surface area contributed by atoms with Crippen LogP contribution in [-0.4, -0.2) is 84.8 Å². The number of hydrogen-bond acceptors (Lipinski definition) is 8. The number of imidazole rings is 2. The van der Waals surface area contributed by atoms with Gasteiger partial charge in [0.1, 0.15) is 18.3 Å². The molecule has 11 nitrogen and oxygen atoms in total. The van der Waals surface area contributed by atoms with Gasteiger partial charge in [-0.3, -0.25) is 4.90 Å². The molecule has 4 aromatic rings. The number of rotatable bonds is 8. The second kappa shape index (κ2) is 11.2. The minimum atomic E-state index is -0.929. The van der Waals surface area contributed by atoms with Crippen LogP contribution in [-0.2, 0) is 36.2 Å². The quantitative estimate of drug-likeness (QED) is 0.342. The molecule has 2 saturated heterocycles. The normalized spacial score (nSPS) is 19.5. The second-order valence-electron chi connectivity index (χ2n) is 11.3. The summed E-state index contributed by atoms with van der Waals surface area (Å²) in [4.78, 5) is 30.6. The van der Waals surface area contributed by atoms with Crippen LogP contribution >= 0.6 is 0 Å². The lowest BCUT2D eigenvalue weighted by Gasteiger charge is -2.36. The van der Waals surface area contributed by atoms with Crippen LogP contribution in [0.25, 0.3) is 22.1 Å². The summed E-state index contributed by atoms with van der Waals surface area (Å²) in [5.74, 6) is 1.79. The Morgan fingerprint density at radius 3 is 2.74 bits per heavy atom. The first-order valence-corrected chi connectivity index (χ1v) is 14.6. The summed E-state index contributed by atoms with van der Waals surface area (Å²) in [5.41, 5.74) is 5.12. The molecule has 3 aliphatic heterocycles. The summed E-state index contributed by atoms with van der Waals surface area (Å²) < 4.78 is 16.0. The van der Waals surface area contributed by atoms with Gasteiger partial charge in [-0.25, -0.2) is 19.8 Å². The fourth-order valence-electron chi connectivity index (χ4n) is 5.89. The number of nitrogens with zero attached hydrogens (tertiary/aromatic N) is 7. The van der Waals surface area contributed by atoms with E-state index in [0.29, 0.717) is 19.7 Å². The van der Waals surface area contributed by atoms with Crippen LogP contribution in [0.3, 0.4) is 0 Å². The number of aromatic carboxylic acids is 1. The largest absolute Gasteiger partial charge is 0.478 e. The number of benzene rings is 2. The standard InChI is InChI=1S/C31H35N7O4/c1-35-20-32-25-15-21(5-8-26(25)35)19-42-30-4-2-3-28(34-30)37-12-10-36(11-13-37)18-29-33-24-7-6-22(31(39)40)16-27(24)38(29)17-23-9-14-41-23/h3,5-8,15-16,20,23H,2,4,9-14,17-19H2,1H3,(H,39,40). The number of allylic oxidation sites excluding steroid dienone is 1. The van der Waals surface area contributed by atoms with Gasteiger partial charge in [0.2, 0.25) is 0 Å². The molecule has 0 radical (unpaired) electrons. The van der Waals surface area contributed by atoms with E-state index in [2.05, 4.69) is 43.6 Å². The van der Waals surface area contributed by atoms with E-state index in [1.807, 2.05) is 24.0 Å². The van der Waals surface area contributed by atoms with Gasteiger partial charge in [-0.05, 0) is 54.8 Å². The number of aliphatic imine (C=N–C) groups is 1. The summed E-state index contributed by atoms with van der Waals surface area (Å²) in [6.07, 6.45) is 6.92. The fourth-order valence-corrected chi connectivity index (χ4v) is 5.89. The molecule has 2 aromatic carbocycles. The Kier molecular flexibility index (Phi) is 7.12. The first-order valence-electron chi connectivity index (χ1n) is 14.6. The molecular weight excluding hydrogens is 534 g/mol. The maximum atomic E-state index is 11.6. The SMILES string of the molecule is Cn1cnc2cc(COC3=NC(N4CCN(Cc5nc6ccc(C(=O)O)cc6n5CC5CCO5)CC4)=CCC3)ccc21. The first kappa shape index (κ1) is 26.7. The Morgan fingerprint density at radius 1 is 1.10 bits per heavy atom. The number of carboxylic acid groups (broad SMARTS) is 1. The van der Waals surface area contributed by atoms with Gasteiger partial charge in [-0.1, -0.05) is 6.07 Å². The summed E-state index contributed by atoms with van der Waals surface area (Å²) >= 11 is 0. The third-order valence-electron chi connectivity index (χ3n) is 8.43. The van der Waals surface area contributed by atoms with Crippen molar-refractivity contribution >= 4 is 33.9 Å². The highest BCUT2D eigenvalue weighted by Gasteiger charge is 2.25. The summed E-state index contributed by atoms with van der Waals surface area (Å²) in [5, 5.41) is 9.52. The van der Waals surface area contributed by atoms with Crippen molar-refractivity contribution in [3.05, 3.63) is 71.6 Å². The van der Waals surface area contributed by atoms with E-state index >= 15 is 0 Å². The molecule has 5 heterocycles. The topological polar surface area (TPSA) is 110 Å². The molecule has 42 heavy (non-hydrogen) atoms. The lowest BCUT2D eigenvalue weighted by molar-refractivity contribution is -0.0592. The molecule has 11 heteroatoms. The number of carboxylic acids is 1. The molecule has 218 valence electrons. The molecule has 0 aliphatic carbocycles. The van der Waals surface area contributed by atoms with Crippen molar-refractivity contribution in [3.63, 3.8) is 0 Å².